The average molecular weight is 434 g/mol. The minimum atomic E-state index is -3.83. The van der Waals surface area contributed by atoms with Crippen LogP contribution in [0.15, 0.2) is 47.8 Å². The second-order valence-corrected chi connectivity index (χ2v) is 8.21. The van der Waals surface area contributed by atoms with Crippen LogP contribution in [0.25, 0.3) is 11.3 Å². The molecule has 156 valence electrons. The van der Waals surface area contributed by atoms with E-state index in [1.165, 1.54) is 30.5 Å². The summed E-state index contributed by atoms with van der Waals surface area (Å²) in [6, 6.07) is 6.23. The fourth-order valence-electron chi connectivity index (χ4n) is 2.55. The highest BCUT2D eigenvalue weighted by molar-refractivity contribution is 7.90. The molecule has 0 radical (unpaired) electrons. The van der Waals surface area contributed by atoms with E-state index >= 15 is 0 Å². The summed E-state index contributed by atoms with van der Waals surface area (Å²) in [7, 11) is -6.66. The van der Waals surface area contributed by atoms with Crippen molar-refractivity contribution in [3.63, 3.8) is 0 Å². The zero-order chi connectivity index (χ0) is 24.4. The van der Waals surface area contributed by atoms with Crippen LogP contribution in [0.1, 0.15) is 9.81 Å². The minimum Gasteiger partial charge on any atom is -0.497 e. The van der Waals surface area contributed by atoms with Crippen LogP contribution in [0.4, 0.5) is 15.9 Å². The molecular formula is C19H18FN5O4S. The monoisotopic (exact) mass is 434 g/mol. The molecule has 0 fully saturated rings. The molecule has 0 saturated carbocycles. The van der Waals surface area contributed by atoms with Crippen molar-refractivity contribution in [2.45, 2.75) is 11.4 Å². The Morgan fingerprint density at radius 2 is 2.07 bits per heavy atom. The topological polar surface area (TPSA) is 137 Å². The second-order valence-electron chi connectivity index (χ2n) is 6.25. The van der Waals surface area contributed by atoms with Crippen LogP contribution in [0, 0.1) is 5.82 Å². The Morgan fingerprint density at radius 1 is 1.27 bits per heavy atom. The van der Waals surface area contributed by atoms with E-state index in [-0.39, 0.29) is 29.4 Å². The number of primary amides is 1. The summed E-state index contributed by atoms with van der Waals surface area (Å²) < 4.78 is 64.1. The summed E-state index contributed by atoms with van der Waals surface area (Å²) in [4.78, 5) is 23.5. The lowest BCUT2D eigenvalue weighted by molar-refractivity contribution is -0.117. The van der Waals surface area contributed by atoms with Crippen LogP contribution < -0.4 is 15.8 Å². The number of ether oxygens (including phenoxy) is 1. The number of halogens is 1. The van der Waals surface area contributed by atoms with Gasteiger partial charge in [0.25, 0.3) is 0 Å². The Labute approximate surface area is 176 Å². The predicted molar refractivity (Wildman–Crippen MR) is 108 cm³/mol. The number of hydrogen-bond donors (Lipinski definition) is 2. The van der Waals surface area contributed by atoms with E-state index in [2.05, 4.69) is 20.3 Å². The zero-order valence-corrected chi connectivity index (χ0v) is 16.4. The van der Waals surface area contributed by atoms with Gasteiger partial charge in [-0.1, -0.05) is 0 Å². The van der Waals surface area contributed by atoms with Gasteiger partial charge in [0, 0.05) is 30.1 Å². The summed E-state index contributed by atoms with van der Waals surface area (Å²) in [5.74, 6) is -1.52. The Hall–Kier alpha value is -3.60. The molecule has 3 aromatic heterocycles. The number of pyridine rings is 3. The van der Waals surface area contributed by atoms with Crippen molar-refractivity contribution in [1.29, 1.82) is 0 Å². The number of methoxy groups -OCH3 is 1. The number of sulfone groups is 1. The van der Waals surface area contributed by atoms with E-state index < -0.39 is 33.6 Å². The molecule has 3 N–H and O–H groups in total. The van der Waals surface area contributed by atoms with Crippen LogP contribution in [0.5, 0.6) is 5.75 Å². The Morgan fingerprint density at radius 3 is 2.70 bits per heavy atom. The van der Waals surface area contributed by atoms with Crippen molar-refractivity contribution < 1.29 is 26.5 Å². The van der Waals surface area contributed by atoms with Crippen LogP contribution in [0.3, 0.4) is 0 Å². The summed E-state index contributed by atoms with van der Waals surface area (Å²) in [6.07, 6.45) is 3.10. The highest BCUT2D eigenvalue weighted by atomic mass is 32.2. The molecule has 0 saturated heterocycles. The standard InChI is InChI=1S/C19H18FN5O4S/c1-29-13-7-18(25-19(8-13)30(2,27)28)24-16-5-12(6-17(21)26)22-10-14(16)15-4-3-11(20)9-23-15/h3-5,7-10H,6H2,1-2H3,(H2,21,26)(H,22,24,25)/i1D3. The molecule has 3 rings (SSSR count). The average Bonchev–Trinajstić information content (AvgIpc) is 2.66. The number of carbonyl (C=O) groups excluding carboxylic acids is 1. The summed E-state index contributed by atoms with van der Waals surface area (Å²) in [6.45, 7) is 0. The minimum absolute atomic E-state index is 0.0724. The molecule has 0 aliphatic heterocycles. The van der Waals surface area contributed by atoms with Gasteiger partial charge in [-0.3, -0.25) is 14.8 Å². The van der Waals surface area contributed by atoms with Crippen LogP contribution >= 0.6 is 0 Å². The highest BCUT2D eigenvalue weighted by Gasteiger charge is 2.16. The van der Waals surface area contributed by atoms with Crippen LogP contribution in [0.2, 0.25) is 0 Å². The molecular weight excluding hydrogens is 413 g/mol. The van der Waals surface area contributed by atoms with Crippen molar-refractivity contribution in [3.05, 3.63) is 54.2 Å². The normalized spacial score (nSPS) is 13.1. The lowest BCUT2D eigenvalue weighted by Crippen LogP contribution is -2.15. The maximum Gasteiger partial charge on any atom is 0.223 e. The molecule has 0 spiro atoms. The van der Waals surface area contributed by atoms with E-state index in [1.54, 1.807) is 0 Å². The first-order valence-corrected chi connectivity index (χ1v) is 10.3. The number of carbonyl (C=O) groups is 1. The number of hydrogen-bond acceptors (Lipinski definition) is 8. The van der Waals surface area contributed by atoms with E-state index in [4.69, 9.17) is 14.6 Å². The second kappa shape index (κ2) is 8.41. The van der Waals surface area contributed by atoms with Gasteiger partial charge in [-0.2, -0.15) is 0 Å². The lowest BCUT2D eigenvalue weighted by atomic mass is 10.1. The van der Waals surface area contributed by atoms with Gasteiger partial charge in [0.1, 0.15) is 17.4 Å². The maximum absolute atomic E-state index is 13.3. The van der Waals surface area contributed by atoms with Gasteiger partial charge in [0.2, 0.25) is 5.91 Å². The van der Waals surface area contributed by atoms with Gasteiger partial charge in [-0.05, 0) is 18.2 Å². The molecule has 30 heavy (non-hydrogen) atoms. The first-order chi connectivity index (χ1) is 15.3. The third-order valence-electron chi connectivity index (χ3n) is 3.86. The summed E-state index contributed by atoms with van der Waals surface area (Å²) >= 11 is 0. The molecule has 3 aromatic rings. The third-order valence-corrected chi connectivity index (χ3v) is 4.82. The lowest BCUT2D eigenvalue weighted by Gasteiger charge is -2.14. The number of nitrogens with zero attached hydrogens (tertiary/aromatic N) is 3. The Kier molecular flexibility index (Phi) is 4.84. The summed E-state index contributed by atoms with van der Waals surface area (Å²) in [5.41, 5.74) is 6.48. The first-order valence-electron chi connectivity index (χ1n) is 9.87. The van der Waals surface area contributed by atoms with Gasteiger partial charge >= 0.3 is 0 Å². The number of nitrogens with one attached hydrogen (secondary N) is 1. The molecule has 3 heterocycles. The van der Waals surface area contributed by atoms with Crippen molar-refractivity contribution in [2.24, 2.45) is 5.73 Å². The fourth-order valence-corrected chi connectivity index (χ4v) is 3.14. The van der Waals surface area contributed by atoms with E-state index in [0.29, 0.717) is 11.3 Å². The third kappa shape index (κ3) is 5.06. The fraction of sp³-hybridized carbons (Fsp3) is 0.158. The van der Waals surface area contributed by atoms with E-state index in [0.717, 1.165) is 18.5 Å². The SMILES string of the molecule is [2H]C([2H])([2H])Oc1cc(Nc2cc(CC(N)=O)ncc2-c2ccc(F)cn2)nc(S(C)(=O)=O)c1. The van der Waals surface area contributed by atoms with Crippen molar-refractivity contribution in [2.75, 3.05) is 18.6 Å². The first kappa shape index (κ1) is 17.3. The number of aromatic nitrogens is 3. The van der Waals surface area contributed by atoms with Crippen LogP contribution in [-0.4, -0.2) is 42.6 Å². The van der Waals surface area contributed by atoms with Gasteiger partial charge < -0.3 is 15.8 Å². The molecule has 0 aliphatic rings. The van der Waals surface area contributed by atoms with Gasteiger partial charge in [-0.15, -0.1) is 0 Å². The predicted octanol–water partition coefficient (Wildman–Crippen LogP) is 1.86. The number of anilines is 2. The quantitative estimate of drug-likeness (QED) is 0.575. The van der Waals surface area contributed by atoms with Gasteiger partial charge in [0.05, 0.1) is 40.8 Å². The molecule has 0 aromatic carbocycles. The largest absolute Gasteiger partial charge is 0.497 e. The molecule has 0 bridgehead atoms. The smallest absolute Gasteiger partial charge is 0.223 e. The van der Waals surface area contributed by atoms with Crippen molar-refractivity contribution in [1.82, 2.24) is 15.0 Å². The molecule has 0 aliphatic carbocycles. The van der Waals surface area contributed by atoms with Crippen molar-refractivity contribution >= 4 is 27.2 Å². The number of nitrogens with two attached hydrogens (primary N) is 1. The van der Waals surface area contributed by atoms with Gasteiger partial charge in [-0.25, -0.2) is 17.8 Å². The Balaban J connectivity index is 2.12. The zero-order valence-electron chi connectivity index (χ0n) is 18.6. The molecule has 0 atom stereocenters. The summed E-state index contributed by atoms with van der Waals surface area (Å²) in [5, 5.41) is 2.44. The number of amides is 1. The van der Waals surface area contributed by atoms with Crippen LogP contribution in [-0.2, 0) is 21.1 Å². The Bertz CT molecular complexity index is 1300. The maximum atomic E-state index is 13.3. The molecule has 11 heteroatoms. The highest BCUT2D eigenvalue weighted by Crippen LogP contribution is 2.30. The molecule has 0 unspecified atom stereocenters. The molecule has 9 nitrogen and oxygen atoms in total. The van der Waals surface area contributed by atoms with E-state index in [1.807, 2.05) is 0 Å². The van der Waals surface area contributed by atoms with Gasteiger partial charge in [0.15, 0.2) is 14.9 Å². The number of rotatable bonds is 7. The van der Waals surface area contributed by atoms with E-state index in [9.17, 15) is 17.6 Å². The molecule has 1 amide bonds. The van der Waals surface area contributed by atoms with Crippen molar-refractivity contribution in [3.8, 4) is 17.0 Å².